The molecule has 1 saturated heterocycles. The number of non-ortho nitro benzene ring substituents is 1. The molecule has 2 N–H and O–H groups in total. The third kappa shape index (κ3) is 4.62. The predicted octanol–water partition coefficient (Wildman–Crippen LogP) is 2.88. The summed E-state index contributed by atoms with van der Waals surface area (Å²) in [7, 11) is 0.793. The van der Waals surface area contributed by atoms with Gasteiger partial charge in [-0.3, -0.25) is 24.2 Å². The molecular weight excluding hydrogens is 628 g/mol. The first kappa shape index (κ1) is 32.2. The molecule has 0 spiro atoms. The molecule has 2 aliphatic heterocycles. The highest BCUT2D eigenvalue weighted by Crippen LogP contribution is 2.58. The smallest absolute Gasteiger partial charge is 0.312 e. The van der Waals surface area contributed by atoms with Gasteiger partial charge in [0.1, 0.15) is 29.0 Å². The molecule has 45 heavy (non-hydrogen) atoms. The van der Waals surface area contributed by atoms with Gasteiger partial charge in [-0.25, -0.2) is 8.42 Å². The monoisotopic (exact) mass is 659 g/mol. The lowest BCUT2D eigenvalue weighted by Gasteiger charge is -2.48. The Morgan fingerprint density at radius 2 is 1.80 bits per heavy atom. The number of sulfonamides is 1. The van der Waals surface area contributed by atoms with Crippen molar-refractivity contribution >= 4 is 44.8 Å². The number of nitrogens with zero attached hydrogens (tertiary/aromatic N) is 3. The molecule has 0 saturated carbocycles. The number of aliphatic hydroxyl groups excluding tert-OH is 1. The highest BCUT2D eigenvalue weighted by Gasteiger charge is 2.72. The van der Waals surface area contributed by atoms with Crippen molar-refractivity contribution in [1.29, 1.82) is 0 Å². The predicted molar refractivity (Wildman–Crippen MR) is 164 cm³/mol. The number of hydrogen-bond acceptors (Lipinski definition) is 9. The first-order valence-corrected chi connectivity index (χ1v) is 15.6. The minimum absolute atomic E-state index is 0.0157. The van der Waals surface area contributed by atoms with Gasteiger partial charge in [0.2, 0.25) is 5.54 Å². The highest BCUT2D eigenvalue weighted by molar-refractivity contribution is 7.93. The molecule has 15 heteroatoms. The van der Waals surface area contributed by atoms with Gasteiger partial charge >= 0.3 is 5.91 Å². The zero-order valence-corrected chi connectivity index (χ0v) is 26.7. The fourth-order valence-electron chi connectivity index (χ4n) is 6.83. The Hall–Kier alpha value is -4.24. The number of methoxy groups -OCH3 is 2. The number of anilines is 1. The maximum Gasteiger partial charge on any atom is 0.312 e. The van der Waals surface area contributed by atoms with Crippen molar-refractivity contribution in [2.45, 2.75) is 35.9 Å². The van der Waals surface area contributed by atoms with E-state index in [1.54, 1.807) is 32.2 Å². The SMILES string of the molecule is CNC(=O)[C@@H]1C[C@@H](O)C[N+]1(C)C1(c2cc(C)ccc2OC)C(=O)N(S(=O)(=O)c2ccc([N+](=O)[O-])cc2OC)c2ccc(Cl)cc21. The van der Waals surface area contributed by atoms with Crippen LogP contribution in [-0.2, 0) is 25.2 Å². The van der Waals surface area contributed by atoms with Gasteiger partial charge < -0.3 is 19.9 Å². The van der Waals surface area contributed by atoms with Crippen molar-refractivity contribution in [2.24, 2.45) is 0 Å². The lowest BCUT2D eigenvalue weighted by Crippen LogP contribution is -2.69. The number of carbonyl (C=O) groups excluding carboxylic acids is 2. The molecular formula is C30H32ClN4O9S+. The van der Waals surface area contributed by atoms with Gasteiger partial charge in [0, 0.05) is 24.6 Å². The molecule has 2 heterocycles. The normalized spacial score (nSPS) is 24.3. The maximum atomic E-state index is 15.4. The number of nitrogens with one attached hydrogen (secondary N) is 1. The molecule has 3 aromatic rings. The molecule has 1 fully saturated rings. The third-order valence-electron chi connectivity index (χ3n) is 8.77. The van der Waals surface area contributed by atoms with Gasteiger partial charge in [-0.1, -0.05) is 23.2 Å². The van der Waals surface area contributed by atoms with Gasteiger partial charge in [0.25, 0.3) is 21.6 Å². The van der Waals surface area contributed by atoms with Gasteiger partial charge in [-0.15, -0.1) is 0 Å². The Kier molecular flexibility index (Phi) is 8.06. The van der Waals surface area contributed by atoms with Crippen molar-refractivity contribution in [3.05, 3.63) is 86.4 Å². The van der Waals surface area contributed by atoms with Gasteiger partial charge in [-0.05, 0) is 43.3 Å². The van der Waals surface area contributed by atoms with E-state index in [1.807, 2.05) is 0 Å². The standard InChI is InChI=1S/C30H31ClN4O9S/c1-17-6-10-25(43-4)22(12-17)30(35(3)16-20(36)15-24(35)28(37)32-2)21-13-18(31)7-9-23(21)33(29(30)38)45(41,42)27-11-8-19(34(39)40)14-26(27)44-5/h6-14,20,24,36H,15-16H2,1-5H3/p+1/t20-,24+,30?,35?/m1/s1. The number of rotatable bonds is 8. The van der Waals surface area contributed by atoms with E-state index in [-0.39, 0.29) is 46.3 Å². The lowest BCUT2D eigenvalue weighted by atomic mass is 9.78. The number of quaternary nitrogens is 1. The molecule has 13 nitrogen and oxygen atoms in total. The second-order valence-corrected chi connectivity index (χ2v) is 13.4. The highest BCUT2D eigenvalue weighted by atomic mass is 35.5. The number of nitro groups is 1. The number of carbonyl (C=O) groups is 2. The summed E-state index contributed by atoms with van der Waals surface area (Å²) in [6, 6.07) is 11.4. The largest absolute Gasteiger partial charge is 0.496 e. The molecule has 2 aliphatic rings. The van der Waals surface area contributed by atoms with E-state index in [9.17, 15) is 28.4 Å². The molecule has 4 atom stereocenters. The zero-order valence-electron chi connectivity index (χ0n) is 25.1. The number of fused-ring (bicyclic) bond motifs is 1. The Balaban J connectivity index is 1.92. The number of hydrogen-bond donors (Lipinski definition) is 2. The van der Waals surface area contributed by atoms with E-state index >= 15 is 4.79 Å². The van der Waals surface area contributed by atoms with Crippen LogP contribution in [0.25, 0.3) is 0 Å². The van der Waals surface area contributed by atoms with Crippen LogP contribution in [0.5, 0.6) is 11.5 Å². The quantitative estimate of drug-likeness (QED) is 0.210. The molecule has 0 aliphatic carbocycles. The second kappa shape index (κ2) is 11.3. The summed E-state index contributed by atoms with van der Waals surface area (Å²) in [5.74, 6) is -1.54. The minimum Gasteiger partial charge on any atom is -0.496 e. The van der Waals surface area contributed by atoms with Crippen LogP contribution in [0.4, 0.5) is 11.4 Å². The van der Waals surface area contributed by atoms with E-state index in [0.717, 1.165) is 25.3 Å². The Bertz CT molecular complexity index is 1850. The first-order valence-electron chi connectivity index (χ1n) is 13.8. The number of aliphatic hydroxyl groups is 1. The summed E-state index contributed by atoms with van der Waals surface area (Å²) < 4.78 is 40.4. The number of likely N-dealkylation sites (tertiary alicyclic amines) is 1. The molecule has 2 unspecified atom stereocenters. The second-order valence-electron chi connectivity index (χ2n) is 11.2. The van der Waals surface area contributed by atoms with E-state index in [2.05, 4.69) is 5.32 Å². The van der Waals surface area contributed by atoms with Crippen LogP contribution >= 0.6 is 11.6 Å². The van der Waals surface area contributed by atoms with Gasteiger partial charge in [0.15, 0.2) is 6.04 Å². The van der Waals surface area contributed by atoms with Crippen LogP contribution in [0.1, 0.15) is 23.1 Å². The first-order chi connectivity index (χ1) is 21.2. The van der Waals surface area contributed by atoms with Crippen molar-refractivity contribution in [3.8, 4) is 11.5 Å². The summed E-state index contributed by atoms with van der Waals surface area (Å²) in [6.45, 7) is 1.68. The molecule has 0 radical (unpaired) electrons. The van der Waals surface area contributed by atoms with Crippen LogP contribution in [-0.4, -0.2) is 81.8 Å². The number of amides is 2. The average molecular weight is 660 g/mol. The number of likely N-dealkylation sites (N-methyl/N-ethyl adjacent to an activating group) is 2. The van der Waals surface area contributed by atoms with Crippen LogP contribution in [0.15, 0.2) is 59.5 Å². The Morgan fingerprint density at radius 3 is 2.42 bits per heavy atom. The Labute approximate surface area is 264 Å². The van der Waals surface area contributed by atoms with Gasteiger partial charge in [-0.2, -0.15) is 4.31 Å². The third-order valence-corrected chi connectivity index (χ3v) is 10.7. The summed E-state index contributed by atoms with van der Waals surface area (Å²) in [4.78, 5) is 39.1. The van der Waals surface area contributed by atoms with Crippen LogP contribution < -0.4 is 19.1 Å². The fourth-order valence-corrected chi connectivity index (χ4v) is 8.61. The number of halogens is 1. The number of aryl methyl sites for hydroxylation is 1. The lowest BCUT2D eigenvalue weighted by molar-refractivity contribution is -0.953. The van der Waals surface area contributed by atoms with Crippen molar-refractivity contribution in [1.82, 2.24) is 5.32 Å². The van der Waals surface area contributed by atoms with E-state index in [4.69, 9.17) is 21.1 Å². The van der Waals surface area contributed by atoms with Crippen LogP contribution in [0.2, 0.25) is 5.02 Å². The van der Waals surface area contributed by atoms with E-state index < -0.39 is 59.5 Å². The maximum absolute atomic E-state index is 15.4. The zero-order chi connectivity index (χ0) is 33.1. The molecule has 0 bridgehead atoms. The summed E-state index contributed by atoms with van der Waals surface area (Å²) in [6.07, 6.45) is -1.04. The van der Waals surface area contributed by atoms with Crippen molar-refractivity contribution in [3.63, 3.8) is 0 Å². The number of nitro benzene ring substituents is 1. The Morgan fingerprint density at radius 1 is 1.11 bits per heavy atom. The van der Waals surface area contributed by atoms with E-state index in [0.29, 0.717) is 9.87 Å². The number of ether oxygens (including phenoxy) is 2. The fraction of sp³-hybridized carbons (Fsp3) is 0.333. The molecule has 2 amide bonds. The summed E-state index contributed by atoms with van der Waals surface area (Å²) >= 11 is 6.54. The molecule has 5 rings (SSSR count). The molecule has 3 aromatic carbocycles. The van der Waals surface area contributed by atoms with Crippen LogP contribution in [0.3, 0.4) is 0 Å². The van der Waals surface area contributed by atoms with Gasteiger partial charge in [0.05, 0.1) is 49.1 Å². The van der Waals surface area contributed by atoms with Crippen LogP contribution in [0, 0.1) is 17.0 Å². The molecule has 238 valence electrons. The van der Waals surface area contributed by atoms with Crippen molar-refractivity contribution in [2.75, 3.05) is 39.2 Å². The minimum atomic E-state index is -4.84. The summed E-state index contributed by atoms with van der Waals surface area (Å²) in [5, 5.41) is 25.3. The summed E-state index contributed by atoms with van der Waals surface area (Å²) in [5.41, 5.74) is -1.32. The number of benzene rings is 3. The van der Waals surface area contributed by atoms with E-state index in [1.165, 1.54) is 32.4 Å². The molecule has 0 aromatic heterocycles. The average Bonchev–Trinajstić information content (AvgIpc) is 3.46. The topological polar surface area (TPSA) is 165 Å². The van der Waals surface area contributed by atoms with Crippen molar-refractivity contribution < 1.29 is 42.0 Å².